The molecule has 1 aliphatic carbocycles. The van der Waals surface area contributed by atoms with E-state index in [2.05, 4.69) is 5.10 Å². The number of ether oxygens (including phenoxy) is 1. The van der Waals surface area contributed by atoms with Crippen LogP contribution in [0.25, 0.3) is 0 Å². The lowest BCUT2D eigenvalue weighted by atomic mass is 10.1. The summed E-state index contributed by atoms with van der Waals surface area (Å²) in [5.74, 6) is 0.517. The third kappa shape index (κ3) is 2.06. The Morgan fingerprint density at radius 3 is 2.76 bits per heavy atom. The largest absolute Gasteiger partial charge is 0.435 e. The van der Waals surface area contributed by atoms with E-state index >= 15 is 0 Å². The highest BCUT2D eigenvalue weighted by molar-refractivity contribution is 5.29. The van der Waals surface area contributed by atoms with Gasteiger partial charge < -0.3 is 4.74 Å². The molecule has 0 saturated heterocycles. The van der Waals surface area contributed by atoms with E-state index in [1.165, 1.54) is 0 Å². The predicted octanol–water partition coefficient (Wildman–Crippen LogP) is 2.38. The van der Waals surface area contributed by atoms with Gasteiger partial charge in [0, 0.05) is 24.2 Å². The second kappa shape index (κ2) is 3.73. The lowest BCUT2D eigenvalue weighted by Gasteiger charge is -2.15. The van der Waals surface area contributed by atoms with E-state index in [1.54, 1.807) is 4.68 Å². The summed E-state index contributed by atoms with van der Waals surface area (Å²) in [6.45, 7) is 1.15. The van der Waals surface area contributed by atoms with Gasteiger partial charge in [-0.05, 0) is 18.8 Å². The van der Waals surface area contributed by atoms with Crippen LogP contribution in [0.3, 0.4) is 0 Å². The third-order valence-corrected chi connectivity index (χ3v) is 3.29. The highest BCUT2D eigenvalue weighted by Gasteiger charge is 2.40. The highest BCUT2D eigenvalue weighted by atomic mass is 19.4. The van der Waals surface area contributed by atoms with Gasteiger partial charge in [-0.3, -0.25) is 4.68 Å². The van der Waals surface area contributed by atoms with Crippen molar-refractivity contribution in [2.75, 3.05) is 6.61 Å². The molecular weight excluding hydrogens is 233 g/mol. The fraction of sp³-hybridized carbons (Fsp3) is 0.727. The minimum Gasteiger partial charge on any atom is -0.376 e. The van der Waals surface area contributed by atoms with Crippen LogP contribution in [0.15, 0.2) is 0 Å². The van der Waals surface area contributed by atoms with Crippen molar-refractivity contribution in [1.29, 1.82) is 0 Å². The Morgan fingerprint density at radius 2 is 2.12 bits per heavy atom. The highest BCUT2D eigenvalue weighted by Crippen LogP contribution is 2.36. The Labute approximate surface area is 96.6 Å². The lowest BCUT2D eigenvalue weighted by Crippen LogP contribution is -2.15. The zero-order valence-electron chi connectivity index (χ0n) is 9.26. The Kier molecular flexibility index (Phi) is 2.43. The molecule has 1 aromatic heterocycles. The second-order valence-electron chi connectivity index (χ2n) is 4.70. The first kappa shape index (κ1) is 11.1. The summed E-state index contributed by atoms with van der Waals surface area (Å²) in [5, 5.41) is 3.75. The number of alkyl halides is 3. The number of hydrogen-bond acceptors (Lipinski definition) is 2. The smallest absolute Gasteiger partial charge is 0.376 e. The summed E-state index contributed by atoms with van der Waals surface area (Å²) in [5.41, 5.74) is 0.202. The number of hydrogen-bond donors (Lipinski definition) is 0. The molecule has 3 rings (SSSR count). The Bertz CT molecular complexity index is 435. The molecule has 6 heteroatoms. The van der Waals surface area contributed by atoms with Crippen molar-refractivity contribution in [1.82, 2.24) is 9.78 Å². The summed E-state index contributed by atoms with van der Waals surface area (Å²) < 4.78 is 45.1. The standard InChI is InChI=1S/C11H13F3N2O/c12-11(13,14)10-8-6-17-4-3-9(8)16(15-10)5-7-1-2-7/h7H,1-6H2. The summed E-state index contributed by atoms with van der Waals surface area (Å²) in [4.78, 5) is 0. The van der Waals surface area contributed by atoms with Crippen LogP contribution < -0.4 is 0 Å². The van der Waals surface area contributed by atoms with E-state index < -0.39 is 11.9 Å². The molecule has 0 unspecified atom stereocenters. The van der Waals surface area contributed by atoms with Crippen LogP contribution in [-0.4, -0.2) is 16.4 Å². The van der Waals surface area contributed by atoms with E-state index in [9.17, 15) is 13.2 Å². The van der Waals surface area contributed by atoms with Crippen LogP contribution in [0.1, 0.15) is 29.8 Å². The minimum atomic E-state index is -4.38. The van der Waals surface area contributed by atoms with Crippen LogP contribution in [0.5, 0.6) is 0 Å². The van der Waals surface area contributed by atoms with Gasteiger partial charge in [0.1, 0.15) is 0 Å². The molecule has 17 heavy (non-hydrogen) atoms. The van der Waals surface area contributed by atoms with Crippen molar-refractivity contribution >= 4 is 0 Å². The van der Waals surface area contributed by atoms with Crippen LogP contribution in [0, 0.1) is 5.92 Å². The Hall–Kier alpha value is -1.04. The minimum absolute atomic E-state index is 0.0366. The third-order valence-electron chi connectivity index (χ3n) is 3.29. The van der Waals surface area contributed by atoms with Crippen molar-refractivity contribution in [2.45, 2.75) is 38.6 Å². The molecule has 1 saturated carbocycles. The Morgan fingerprint density at radius 1 is 1.35 bits per heavy atom. The van der Waals surface area contributed by atoms with E-state index in [-0.39, 0.29) is 12.2 Å². The predicted molar refractivity (Wildman–Crippen MR) is 53.3 cm³/mol. The lowest BCUT2D eigenvalue weighted by molar-refractivity contribution is -0.142. The summed E-state index contributed by atoms with van der Waals surface area (Å²) >= 11 is 0. The van der Waals surface area contributed by atoms with Gasteiger partial charge in [-0.25, -0.2) is 0 Å². The van der Waals surface area contributed by atoms with Crippen molar-refractivity contribution in [2.24, 2.45) is 5.92 Å². The van der Waals surface area contributed by atoms with Crippen molar-refractivity contribution in [3.8, 4) is 0 Å². The normalized spacial score (nSPS) is 20.4. The first-order valence-corrected chi connectivity index (χ1v) is 5.79. The Balaban J connectivity index is 2.00. The zero-order chi connectivity index (χ0) is 12.0. The van der Waals surface area contributed by atoms with Crippen LogP contribution in [0.2, 0.25) is 0 Å². The molecule has 2 heterocycles. The molecule has 94 valence electrons. The summed E-state index contributed by atoms with van der Waals surface area (Å²) in [6.07, 6.45) is -1.64. The van der Waals surface area contributed by atoms with Gasteiger partial charge in [-0.1, -0.05) is 0 Å². The maximum absolute atomic E-state index is 12.8. The monoisotopic (exact) mass is 246 g/mol. The fourth-order valence-corrected chi connectivity index (χ4v) is 2.23. The van der Waals surface area contributed by atoms with E-state index in [0.717, 1.165) is 18.5 Å². The van der Waals surface area contributed by atoms with Gasteiger partial charge in [0.2, 0.25) is 0 Å². The SMILES string of the molecule is FC(F)(F)c1nn(CC2CC2)c2c1COCC2. The molecule has 0 aromatic carbocycles. The quantitative estimate of drug-likeness (QED) is 0.801. The molecule has 0 radical (unpaired) electrons. The number of fused-ring (bicyclic) bond motifs is 1. The van der Waals surface area contributed by atoms with Gasteiger partial charge in [0.25, 0.3) is 0 Å². The first-order chi connectivity index (χ1) is 8.05. The molecule has 1 aromatic rings. The average Bonchev–Trinajstić information content (AvgIpc) is 2.99. The van der Waals surface area contributed by atoms with Gasteiger partial charge in [0.05, 0.1) is 13.2 Å². The maximum atomic E-state index is 12.8. The molecule has 0 N–H and O–H groups in total. The fourth-order valence-electron chi connectivity index (χ4n) is 2.23. The van der Waals surface area contributed by atoms with Gasteiger partial charge in [-0.2, -0.15) is 18.3 Å². The molecule has 1 fully saturated rings. The summed E-state index contributed by atoms with van der Waals surface area (Å²) in [6, 6.07) is 0. The number of aromatic nitrogens is 2. The second-order valence-corrected chi connectivity index (χ2v) is 4.70. The maximum Gasteiger partial charge on any atom is 0.435 e. The molecular formula is C11H13F3N2O. The molecule has 0 spiro atoms. The zero-order valence-corrected chi connectivity index (χ0v) is 9.26. The topological polar surface area (TPSA) is 27.1 Å². The summed E-state index contributed by atoms with van der Waals surface area (Å²) in [7, 11) is 0. The van der Waals surface area contributed by atoms with Crippen molar-refractivity contribution < 1.29 is 17.9 Å². The number of nitrogens with zero attached hydrogens (tertiary/aromatic N) is 2. The van der Waals surface area contributed by atoms with Gasteiger partial charge >= 0.3 is 6.18 Å². The van der Waals surface area contributed by atoms with Crippen molar-refractivity contribution in [3.05, 3.63) is 17.0 Å². The first-order valence-electron chi connectivity index (χ1n) is 5.79. The molecule has 0 bridgehead atoms. The van der Waals surface area contributed by atoms with Gasteiger partial charge in [-0.15, -0.1) is 0 Å². The molecule has 1 aliphatic heterocycles. The number of halogens is 3. The van der Waals surface area contributed by atoms with Crippen LogP contribution in [0.4, 0.5) is 13.2 Å². The van der Waals surface area contributed by atoms with Crippen LogP contribution >= 0.6 is 0 Å². The van der Waals surface area contributed by atoms with E-state index in [4.69, 9.17) is 4.74 Å². The van der Waals surface area contributed by atoms with E-state index in [0.29, 0.717) is 25.5 Å². The molecule has 3 nitrogen and oxygen atoms in total. The average molecular weight is 246 g/mol. The molecule has 0 atom stereocenters. The molecule has 0 amide bonds. The van der Waals surface area contributed by atoms with Crippen LogP contribution in [-0.2, 0) is 30.5 Å². The van der Waals surface area contributed by atoms with Gasteiger partial charge in [0.15, 0.2) is 5.69 Å². The van der Waals surface area contributed by atoms with E-state index in [1.807, 2.05) is 0 Å². The number of rotatable bonds is 2. The molecule has 2 aliphatic rings. The van der Waals surface area contributed by atoms with Crippen molar-refractivity contribution in [3.63, 3.8) is 0 Å².